The monoisotopic (exact) mass is 341 g/mol. The van der Waals surface area contributed by atoms with E-state index in [2.05, 4.69) is 10.2 Å². The minimum absolute atomic E-state index is 0.0778. The first-order chi connectivity index (χ1) is 12.1. The molecule has 2 aliphatic rings. The number of piperazine rings is 1. The minimum atomic E-state index is -0.149. The molecule has 1 aliphatic heterocycles. The van der Waals surface area contributed by atoms with Crippen molar-refractivity contribution in [3.63, 3.8) is 0 Å². The lowest BCUT2D eigenvalue weighted by Crippen LogP contribution is -2.55. The first-order valence-electron chi connectivity index (χ1n) is 8.94. The normalized spacial score (nSPS) is 19.8. The number of furan rings is 1. The van der Waals surface area contributed by atoms with E-state index in [4.69, 9.17) is 4.42 Å². The maximum atomic E-state index is 12.7. The minimum Gasteiger partial charge on any atom is -0.451 e. The van der Waals surface area contributed by atoms with Gasteiger partial charge in [-0.25, -0.2) is 0 Å². The highest BCUT2D eigenvalue weighted by molar-refractivity contribution is 5.96. The summed E-state index contributed by atoms with van der Waals surface area (Å²) >= 11 is 0. The Balaban J connectivity index is 1.36. The van der Waals surface area contributed by atoms with Crippen molar-refractivity contribution in [2.45, 2.75) is 31.8 Å². The predicted molar refractivity (Wildman–Crippen MR) is 94.3 cm³/mol. The van der Waals surface area contributed by atoms with Gasteiger partial charge in [-0.05, 0) is 31.9 Å². The van der Waals surface area contributed by atoms with Gasteiger partial charge in [-0.15, -0.1) is 0 Å². The zero-order chi connectivity index (χ0) is 17.4. The Morgan fingerprint density at radius 1 is 1.16 bits per heavy atom. The van der Waals surface area contributed by atoms with E-state index in [0.29, 0.717) is 38.0 Å². The third-order valence-electron chi connectivity index (χ3n) is 5.09. The van der Waals surface area contributed by atoms with Crippen molar-refractivity contribution in [1.82, 2.24) is 15.1 Å². The Morgan fingerprint density at radius 2 is 1.88 bits per heavy atom. The number of carbonyl (C=O) groups excluding carboxylic acids is 2. The third kappa shape index (κ3) is 3.39. The fourth-order valence-electron chi connectivity index (χ4n) is 3.27. The van der Waals surface area contributed by atoms with Crippen LogP contribution in [0.3, 0.4) is 0 Å². The summed E-state index contributed by atoms with van der Waals surface area (Å²) in [5, 5.41) is 3.99. The maximum Gasteiger partial charge on any atom is 0.289 e. The second-order valence-corrected chi connectivity index (χ2v) is 6.94. The Kier molecular flexibility index (Phi) is 4.21. The van der Waals surface area contributed by atoms with Crippen LogP contribution < -0.4 is 5.32 Å². The molecule has 2 amide bonds. The van der Waals surface area contributed by atoms with Gasteiger partial charge in [-0.1, -0.05) is 18.2 Å². The van der Waals surface area contributed by atoms with Gasteiger partial charge < -0.3 is 14.6 Å². The molecule has 0 radical (unpaired) electrons. The van der Waals surface area contributed by atoms with Crippen LogP contribution in [0.5, 0.6) is 0 Å². The number of amides is 2. The summed E-state index contributed by atoms with van der Waals surface area (Å²) in [6.07, 6.45) is 2.19. The lowest BCUT2D eigenvalue weighted by Gasteiger charge is -2.37. The molecule has 6 nitrogen and oxygen atoms in total. The average molecular weight is 341 g/mol. The van der Waals surface area contributed by atoms with Crippen LogP contribution >= 0.6 is 0 Å². The molecule has 132 valence electrons. The van der Waals surface area contributed by atoms with Gasteiger partial charge in [0.25, 0.3) is 5.91 Å². The van der Waals surface area contributed by atoms with E-state index in [1.165, 1.54) is 0 Å². The van der Waals surface area contributed by atoms with Crippen LogP contribution in [0.15, 0.2) is 34.7 Å². The number of hydrogen-bond donors (Lipinski definition) is 1. The molecule has 1 aromatic heterocycles. The van der Waals surface area contributed by atoms with E-state index < -0.39 is 0 Å². The molecule has 0 bridgehead atoms. The highest BCUT2D eigenvalue weighted by Crippen LogP contribution is 2.21. The van der Waals surface area contributed by atoms with Crippen molar-refractivity contribution in [3.8, 4) is 0 Å². The van der Waals surface area contributed by atoms with Crippen molar-refractivity contribution in [1.29, 1.82) is 0 Å². The Morgan fingerprint density at radius 3 is 2.56 bits per heavy atom. The van der Waals surface area contributed by atoms with Crippen molar-refractivity contribution in [3.05, 3.63) is 36.1 Å². The molecular weight excluding hydrogens is 318 g/mol. The number of para-hydroxylation sites is 1. The molecule has 2 aromatic rings. The third-order valence-corrected chi connectivity index (χ3v) is 5.09. The fourth-order valence-corrected chi connectivity index (χ4v) is 3.27. The molecule has 1 saturated carbocycles. The lowest BCUT2D eigenvalue weighted by atomic mass is 10.2. The van der Waals surface area contributed by atoms with Crippen LogP contribution in [0.2, 0.25) is 0 Å². The summed E-state index contributed by atoms with van der Waals surface area (Å²) in [5.41, 5.74) is 0.731. The van der Waals surface area contributed by atoms with Crippen LogP contribution in [0, 0.1) is 0 Å². The predicted octanol–water partition coefficient (Wildman–Crippen LogP) is 1.86. The first-order valence-corrected chi connectivity index (χ1v) is 8.94. The molecule has 1 unspecified atom stereocenters. The van der Waals surface area contributed by atoms with E-state index in [-0.39, 0.29) is 17.9 Å². The van der Waals surface area contributed by atoms with Gasteiger partial charge in [0.05, 0.1) is 6.04 Å². The van der Waals surface area contributed by atoms with Gasteiger partial charge in [0.2, 0.25) is 5.91 Å². The number of hydrogen-bond acceptors (Lipinski definition) is 4. The van der Waals surface area contributed by atoms with Gasteiger partial charge in [0.1, 0.15) is 5.58 Å². The SMILES string of the molecule is CC(C(=O)NC1CC1)N1CCN(C(=O)c2cc3ccccc3o2)CC1. The van der Waals surface area contributed by atoms with Crippen molar-refractivity contribution >= 4 is 22.8 Å². The summed E-state index contributed by atoms with van der Waals surface area (Å²) in [4.78, 5) is 28.8. The highest BCUT2D eigenvalue weighted by atomic mass is 16.3. The molecule has 2 heterocycles. The fraction of sp³-hybridized carbons (Fsp3) is 0.474. The van der Waals surface area contributed by atoms with Crippen LogP contribution in [0.25, 0.3) is 11.0 Å². The van der Waals surface area contributed by atoms with E-state index in [1.807, 2.05) is 31.2 Å². The summed E-state index contributed by atoms with van der Waals surface area (Å²) in [7, 11) is 0. The molecule has 1 saturated heterocycles. The molecule has 0 spiro atoms. The highest BCUT2D eigenvalue weighted by Gasteiger charge is 2.31. The van der Waals surface area contributed by atoms with Gasteiger partial charge >= 0.3 is 0 Å². The van der Waals surface area contributed by atoms with E-state index in [9.17, 15) is 9.59 Å². The van der Waals surface area contributed by atoms with E-state index in [0.717, 1.165) is 23.8 Å². The largest absolute Gasteiger partial charge is 0.451 e. The molecule has 1 aromatic carbocycles. The Bertz CT molecular complexity index is 755. The van der Waals surface area contributed by atoms with E-state index >= 15 is 0 Å². The second-order valence-electron chi connectivity index (χ2n) is 6.94. The number of rotatable bonds is 4. The molecular formula is C19H23N3O3. The number of nitrogens with zero attached hydrogens (tertiary/aromatic N) is 2. The van der Waals surface area contributed by atoms with Crippen LogP contribution in [0.1, 0.15) is 30.3 Å². The number of carbonyl (C=O) groups is 2. The van der Waals surface area contributed by atoms with Crippen LogP contribution in [-0.4, -0.2) is 59.9 Å². The number of fused-ring (bicyclic) bond motifs is 1. The number of nitrogens with one attached hydrogen (secondary N) is 1. The lowest BCUT2D eigenvalue weighted by molar-refractivity contribution is -0.126. The van der Waals surface area contributed by atoms with Crippen molar-refractivity contribution in [2.75, 3.05) is 26.2 Å². The summed E-state index contributed by atoms with van der Waals surface area (Å²) in [6, 6.07) is 9.66. The maximum absolute atomic E-state index is 12.7. The van der Waals surface area contributed by atoms with Gasteiger partial charge in [-0.2, -0.15) is 0 Å². The average Bonchev–Trinajstić information content (AvgIpc) is 3.35. The van der Waals surface area contributed by atoms with E-state index in [1.54, 1.807) is 11.0 Å². The van der Waals surface area contributed by atoms with Gasteiger partial charge in [-0.3, -0.25) is 14.5 Å². The standard InChI is InChI=1S/C19H23N3O3/c1-13(18(23)20-15-6-7-15)21-8-10-22(11-9-21)19(24)17-12-14-4-2-3-5-16(14)25-17/h2-5,12-13,15H,6-11H2,1H3,(H,20,23). The quantitative estimate of drug-likeness (QED) is 0.922. The topological polar surface area (TPSA) is 65.8 Å². The summed E-state index contributed by atoms with van der Waals surface area (Å²) < 4.78 is 5.68. The molecule has 1 N–H and O–H groups in total. The summed E-state index contributed by atoms with van der Waals surface area (Å²) in [6.45, 7) is 4.55. The van der Waals surface area contributed by atoms with Gasteiger partial charge in [0.15, 0.2) is 5.76 Å². The summed E-state index contributed by atoms with van der Waals surface area (Å²) in [5.74, 6) is 0.402. The Hall–Kier alpha value is -2.34. The first kappa shape index (κ1) is 16.1. The molecule has 4 rings (SSSR count). The number of benzene rings is 1. The molecule has 6 heteroatoms. The smallest absolute Gasteiger partial charge is 0.289 e. The second kappa shape index (κ2) is 6.52. The van der Waals surface area contributed by atoms with Crippen LogP contribution in [-0.2, 0) is 4.79 Å². The van der Waals surface area contributed by atoms with Crippen LogP contribution in [0.4, 0.5) is 0 Å². The van der Waals surface area contributed by atoms with Crippen molar-refractivity contribution < 1.29 is 14.0 Å². The molecule has 25 heavy (non-hydrogen) atoms. The molecule has 1 aliphatic carbocycles. The molecule has 1 atom stereocenters. The Labute approximate surface area is 146 Å². The zero-order valence-corrected chi connectivity index (χ0v) is 14.4. The van der Waals surface area contributed by atoms with Crippen molar-refractivity contribution in [2.24, 2.45) is 0 Å². The molecule has 2 fully saturated rings. The van der Waals surface area contributed by atoms with Gasteiger partial charge in [0, 0.05) is 37.6 Å². The zero-order valence-electron chi connectivity index (χ0n) is 14.4.